The Morgan fingerprint density at radius 3 is 2.22 bits per heavy atom. The molecular formula is C15H26N2O. The monoisotopic (exact) mass is 250 g/mol. The molecule has 3 nitrogen and oxygen atoms in total. The molecule has 1 saturated heterocycles. The van der Waals surface area contributed by atoms with Gasteiger partial charge in [-0.2, -0.15) is 0 Å². The Morgan fingerprint density at radius 2 is 1.78 bits per heavy atom. The van der Waals surface area contributed by atoms with Gasteiger partial charge in [0.05, 0.1) is 0 Å². The summed E-state index contributed by atoms with van der Waals surface area (Å²) in [6.45, 7) is 1.97. The number of carbonyl (C=O) groups is 1. The molecule has 0 aromatic carbocycles. The van der Waals surface area contributed by atoms with Crippen LogP contribution in [0.2, 0.25) is 0 Å². The van der Waals surface area contributed by atoms with Gasteiger partial charge in [-0.05, 0) is 52.1 Å². The normalized spacial score (nSPS) is 27.6. The van der Waals surface area contributed by atoms with Crippen LogP contribution in [-0.4, -0.2) is 48.4 Å². The third-order valence-electron chi connectivity index (χ3n) is 5.25. The number of rotatable bonds is 4. The SMILES string of the molecule is CN(C)C1(CC2CC2)CCN(C(=O)C2CC2)CC1. The fourth-order valence-electron chi connectivity index (χ4n) is 3.43. The van der Waals surface area contributed by atoms with Crippen molar-refractivity contribution in [3.8, 4) is 0 Å². The van der Waals surface area contributed by atoms with Crippen LogP contribution < -0.4 is 0 Å². The zero-order chi connectivity index (χ0) is 12.8. The van der Waals surface area contributed by atoms with Gasteiger partial charge >= 0.3 is 0 Å². The molecule has 0 bridgehead atoms. The highest BCUT2D eigenvalue weighted by Gasteiger charge is 2.43. The molecule has 0 radical (unpaired) electrons. The molecule has 1 heterocycles. The number of piperidine rings is 1. The van der Waals surface area contributed by atoms with Gasteiger partial charge in [-0.3, -0.25) is 4.79 Å². The first-order valence-electron chi connectivity index (χ1n) is 7.57. The molecule has 0 atom stereocenters. The lowest BCUT2D eigenvalue weighted by Crippen LogP contribution is -2.54. The van der Waals surface area contributed by atoms with E-state index < -0.39 is 0 Å². The summed E-state index contributed by atoms with van der Waals surface area (Å²) in [5.41, 5.74) is 0.376. The number of amides is 1. The molecule has 3 aliphatic rings. The van der Waals surface area contributed by atoms with Crippen molar-refractivity contribution in [2.24, 2.45) is 11.8 Å². The van der Waals surface area contributed by atoms with Crippen LogP contribution >= 0.6 is 0 Å². The maximum absolute atomic E-state index is 12.1. The molecule has 0 aromatic rings. The minimum Gasteiger partial charge on any atom is -0.342 e. The predicted molar refractivity (Wildman–Crippen MR) is 72.3 cm³/mol. The first kappa shape index (κ1) is 12.5. The number of carbonyl (C=O) groups excluding carboxylic acids is 1. The summed E-state index contributed by atoms with van der Waals surface area (Å²) in [7, 11) is 4.45. The highest BCUT2D eigenvalue weighted by Crippen LogP contribution is 2.43. The van der Waals surface area contributed by atoms with Crippen molar-refractivity contribution in [2.75, 3.05) is 27.2 Å². The lowest BCUT2D eigenvalue weighted by molar-refractivity contribution is -0.135. The lowest BCUT2D eigenvalue weighted by atomic mass is 9.81. The average Bonchev–Trinajstić information content (AvgIpc) is 3.23. The van der Waals surface area contributed by atoms with Crippen LogP contribution in [-0.2, 0) is 4.79 Å². The van der Waals surface area contributed by atoms with Crippen molar-refractivity contribution in [3.63, 3.8) is 0 Å². The molecule has 0 spiro atoms. The third kappa shape index (κ3) is 2.42. The second-order valence-corrected chi connectivity index (χ2v) is 6.87. The van der Waals surface area contributed by atoms with Gasteiger partial charge in [-0.25, -0.2) is 0 Å². The summed E-state index contributed by atoms with van der Waals surface area (Å²) in [5.74, 6) is 1.80. The molecule has 3 fully saturated rings. The first-order valence-corrected chi connectivity index (χ1v) is 7.57. The van der Waals surface area contributed by atoms with E-state index in [1.54, 1.807) is 0 Å². The lowest BCUT2D eigenvalue weighted by Gasteiger charge is -2.46. The van der Waals surface area contributed by atoms with Crippen molar-refractivity contribution in [1.82, 2.24) is 9.80 Å². The maximum atomic E-state index is 12.1. The molecule has 0 aromatic heterocycles. The maximum Gasteiger partial charge on any atom is 0.225 e. The van der Waals surface area contributed by atoms with Crippen molar-refractivity contribution in [3.05, 3.63) is 0 Å². The summed E-state index contributed by atoms with van der Waals surface area (Å²) < 4.78 is 0. The average molecular weight is 250 g/mol. The van der Waals surface area contributed by atoms with Gasteiger partial charge in [-0.1, -0.05) is 12.8 Å². The van der Waals surface area contributed by atoms with Crippen LogP contribution in [0, 0.1) is 11.8 Å². The summed E-state index contributed by atoms with van der Waals surface area (Å²) in [4.78, 5) is 16.7. The summed E-state index contributed by atoms with van der Waals surface area (Å²) in [6, 6.07) is 0. The van der Waals surface area contributed by atoms with Crippen LogP contribution in [0.15, 0.2) is 0 Å². The van der Waals surface area contributed by atoms with Crippen LogP contribution in [0.3, 0.4) is 0 Å². The quantitative estimate of drug-likeness (QED) is 0.763. The standard InChI is InChI=1S/C15H26N2O/c1-16(2)15(11-12-3-4-12)7-9-17(10-8-15)14(18)13-5-6-13/h12-13H,3-11H2,1-2H3. The van der Waals surface area contributed by atoms with E-state index in [9.17, 15) is 4.79 Å². The van der Waals surface area contributed by atoms with E-state index in [1.807, 2.05) is 0 Å². The van der Waals surface area contributed by atoms with Gasteiger partial charge in [0.1, 0.15) is 0 Å². The van der Waals surface area contributed by atoms with Crippen molar-refractivity contribution < 1.29 is 4.79 Å². The Balaban J connectivity index is 1.59. The molecule has 2 saturated carbocycles. The zero-order valence-electron chi connectivity index (χ0n) is 11.8. The van der Waals surface area contributed by atoms with E-state index in [1.165, 1.54) is 32.1 Å². The smallest absolute Gasteiger partial charge is 0.225 e. The molecule has 2 aliphatic carbocycles. The topological polar surface area (TPSA) is 23.6 Å². The predicted octanol–water partition coefficient (Wildman–Crippen LogP) is 2.12. The number of hydrogen-bond donors (Lipinski definition) is 0. The molecule has 3 heteroatoms. The fraction of sp³-hybridized carbons (Fsp3) is 0.933. The van der Waals surface area contributed by atoms with E-state index in [-0.39, 0.29) is 0 Å². The second-order valence-electron chi connectivity index (χ2n) is 6.87. The molecule has 18 heavy (non-hydrogen) atoms. The molecule has 0 N–H and O–H groups in total. The number of hydrogen-bond acceptors (Lipinski definition) is 2. The molecule has 102 valence electrons. The van der Waals surface area contributed by atoms with Gasteiger partial charge in [0.15, 0.2) is 0 Å². The Morgan fingerprint density at radius 1 is 1.17 bits per heavy atom. The van der Waals surface area contributed by atoms with E-state index >= 15 is 0 Å². The Labute approximate surface area is 111 Å². The van der Waals surface area contributed by atoms with Gasteiger partial charge in [-0.15, -0.1) is 0 Å². The van der Waals surface area contributed by atoms with E-state index in [0.717, 1.165) is 31.8 Å². The Hall–Kier alpha value is -0.570. The number of likely N-dealkylation sites (tertiary alicyclic amines) is 1. The second kappa shape index (κ2) is 4.52. The first-order chi connectivity index (χ1) is 8.61. The highest BCUT2D eigenvalue weighted by atomic mass is 16.2. The summed E-state index contributed by atoms with van der Waals surface area (Å²) >= 11 is 0. The highest BCUT2D eigenvalue weighted by molar-refractivity contribution is 5.81. The van der Waals surface area contributed by atoms with Crippen molar-refractivity contribution in [1.29, 1.82) is 0 Å². The largest absolute Gasteiger partial charge is 0.342 e. The molecular weight excluding hydrogens is 224 g/mol. The molecule has 3 rings (SSSR count). The third-order valence-corrected chi connectivity index (χ3v) is 5.25. The summed E-state index contributed by atoms with van der Waals surface area (Å²) in [6.07, 6.45) is 8.84. The van der Waals surface area contributed by atoms with Gasteiger partial charge < -0.3 is 9.80 Å². The van der Waals surface area contributed by atoms with Crippen molar-refractivity contribution >= 4 is 5.91 Å². The van der Waals surface area contributed by atoms with Gasteiger partial charge in [0.2, 0.25) is 5.91 Å². The van der Waals surface area contributed by atoms with Crippen molar-refractivity contribution in [2.45, 2.75) is 50.5 Å². The number of nitrogens with zero attached hydrogens (tertiary/aromatic N) is 2. The minimum atomic E-state index is 0.376. The van der Waals surface area contributed by atoms with Gasteiger partial charge in [0.25, 0.3) is 0 Å². The molecule has 1 aliphatic heterocycles. The fourth-order valence-corrected chi connectivity index (χ4v) is 3.43. The van der Waals surface area contributed by atoms with E-state index in [0.29, 0.717) is 17.4 Å². The van der Waals surface area contributed by atoms with E-state index in [4.69, 9.17) is 0 Å². The molecule has 1 amide bonds. The van der Waals surface area contributed by atoms with Crippen LogP contribution in [0.1, 0.15) is 44.9 Å². The van der Waals surface area contributed by atoms with E-state index in [2.05, 4.69) is 23.9 Å². The van der Waals surface area contributed by atoms with Crippen LogP contribution in [0.4, 0.5) is 0 Å². The van der Waals surface area contributed by atoms with Crippen LogP contribution in [0.25, 0.3) is 0 Å². The molecule has 0 unspecified atom stereocenters. The summed E-state index contributed by atoms with van der Waals surface area (Å²) in [5, 5.41) is 0. The van der Waals surface area contributed by atoms with Crippen LogP contribution in [0.5, 0.6) is 0 Å². The Bertz CT molecular complexity index is 323. The zero-order valence-corrected chi connectivity index (χ0v) is 11.8. The van der Waals surface area contributed by atoms with Gasteiger partial charge in [0, 0.05) is 24.5 Å². The minimum absolute atomic E-state index is 0.376. The Kier molecular flexibility index (Phi) is 3.13.